The van der Waals surface area contributed by atoms with Crippen LogP contribution in [0.2, 0.25) is 0 Å². The second kappa shape index (κ2) is 6.73. The van der Waals surface area contributed by atoms with E-state index >= 15 is 0 Å². The van der Waals surface area contributed by atoms with Crippen LogP contribution in [-0.4, -0.2) is 13.2 Å². The molecule has 1 aliphatic rings. The molecule has 2 rings (SSSR count). The lowest BCUT2D eigenvalue weighted by Crippen LogP contribution is -2.20. The highest BCUT2D eigenvalue weighted by Gasteiger charge is 2.17. The molecule has 0 saturated heterocycles. The van der Waals surface area contributed by atoms with Gasteiger partial charge in [-0.1, -0.05) is 64.3 Å². The van der Waals surface area contributed by atoms with Gasteiger partial charge in [-0.25, -0.2) is 0 Å². The van der Waals surface area contributed by atoms with Gasteiger partial charge >= 0.3 is 0 Å². The minimum absolute atomic E-state index is 0.00888. The van der Waals surface area contributed by atoms with Crippen LogP contribution < -0.4 is 5.73 Å². The molecule has 1 fully saturated rings. The van der Waals surface area contributed by atoms with Crippen molar-refractivity contribution in [3.8, 4) is 0 Å². The van der Waals surface area contributed by atoms with Crippen LogP contribution in [0.3, 0.4) is 0 Å². The zero-order valence-corrected chi connectivity index (χ0v) is 13.2. The molecule has 0 aromatic heterocycles. The van der Waals surface area contributed by atoms with Gasteiger partial charge in [0.2, 0.25) is 0 Å². The van der Waals surface area contributed by atoms with Gasteiger partial charge in [-0.3, -0.25) is 0 Å². The minimum atomic E-state index is -0.00888. The van der Waals surface area contributed by atoms with Crippen LogP contribution in [0.25, 0.3) is 0 Å². The lowest BCUT2D eigenvalue weighted by atomic mass is 9.83. The Balaban J connectivity index is 1.75. The molecule has 1 aromatic rings. The Labute approximate surface area is 123 Å². The third-order valence-corrected chi connectivity index (χ3v) is 4.40. The second-order valence-electron chi connectivity index (χ2n) is 7.14. The lowest BCUT2D eigenvalue weighted by Gasteiger charge is -2.25. The van der Waals surface area contributed by atoms with Gasteiger partial charge in [-0.2, -0.15) is 0 Å². The Morgan fingerprint density at radius 3 is 2.35 bits per heavy atom. The van der Waals surface area contributed by atoms with Gasteiger partial charge in [0.05, 0.1) is 12.6 Å². The van der Waals surface area contributed by atoms with Crippen LogP contribution in [0.1, 0.15) is 63.6 Å². The third kappa shape index (κ3) is 4.32. The topological polar surface area (TPSA) is 35.2 Å². The quantitative estimate of drug-likeness (QED) is 0.790. The highest BCUT2D eigenvalue weighted by molar-refractivity contribution is 5.29. The Morgan fingerprint density at radius 1 is 1.20 bits per heavy atom. The smallest absolute Gasteiger partial charge is 0.0659 e. The van der Waals surface area contributed by atoms with E-state index in [1.807, 2.05) is 0 Å². The number of nitrogens with two attached hydrogens (primary N) is 1. The summed E-state index contributed by atoms with van der Waals surface area (Å²) in [4.78, 5) is 0. The SMILES string of the molecule is CC(C)(C)c1ccc(C(N)COCCC2CCC2)cc1. The molecule has 1 unspecified atom stereocenters. The van der Waals surface area contributed by atoms with Crippen molar-refractivity contribution in [3.05, 3.63) is 35.4 Å². The van der Waals surface area contributed by atoms with E-state index < -0.39 is 0 Å². The average molecular weight is 275 g/mol. The minimum Gasteiger partial charge on any atom is -0.379 e. The van der Waals surface area contributed by atoms with Gasteiger partial charge in [-0.15, -0.1) is 0 Å². The fourth-order valence-corrected chi connectivity index (χ4v) is 2.57. The van der Waals surface area contributed by atoms with Gasteiger partial charge in [-0.05, 0) is 28.9 Å². The summed E-state index contributed by atoms with van der Waals surface area (Å²) in [6.07, 6.45) is 5.40. The number of rotatable bonds is 6. The summed E-state index contributed by atoms with van der Waals surface area (Å²) in [5.41, 5.74) is 8.90. The first-order chi connectivity index (χ1) is 9.47. The van der Waals surface area contributed by atoms with Crippen LogP contribution >= 0.6 is 0 Å². The summed E-state index contributed by atoms with van der Waals surface area (Å²) in [6, 6.07) is 8.64. The van der Waals surface area contributed by atoms with E-state index in [4.69, 9.17) is 10.5 Å². The Morgan fingerprint density at radius 2 is 1.85 bits per heavy atom. The Kier molecular flexibility index (Phi) is 5.22. The molecule has 0 amide bonds. The molecule has 1 aliphatic carbocycles. The fraction of sp³-hybridized carbons (Fsp3) is 0.667. The van der Waals surface area contributed by atoms with Gasteiger partial charge in [0.25, 0.3) is 0 Å². The molecule has 2 nitrogen and oxygen atoms in total. The van der Waals surface area contributed by atoms with E-state index in [2.05, 4.69) is 45.0 Å². The van der Waals surface area contributed by atoms with Gasteiger partial charge < -0.3 is 10.5 Å². The summed E-state index contributed by atoms with van der Waals surface area (Å²) in [6.45, 7) is 8.17. The zero-order chi connectivity index (χ0) is 14.6. The summed E-state index contributed by atoms with van der Waals surface area (Å²) in [5, 5.41) is 0. The standard InChI is InChI=1S/C18H29NO/c1-18(2,3)16-9-7-15(8-10-16)17(19)13-20-12-11-14-5-4-6-14/h7-10,14,17H,4-6,11-13,19H2,1-3H3. The van der Waals surface area contributed by atoms with Gasteiger partial charge in [0.1, 0.15) is 0 Å². The predicted octanol–water partition coefficient (Wildman–Crippen LogP) is 4.19. The molecule has 1 saturated carbocycles. The molecule has 2 N–H and O–H groups in total. The number of benzene rings is 1. The van der Waals surface area contributed by atoms with E-state index in [1.54, 1.807) is 0 Å². The molecule has 112 valence electrons. The van der Waals surface area contributed by atoms with Crippen molar-refractivity contribution in [1.29, 1.82) is 0 Å². The molecule has 0 radical (unpaired) electrons. The maximum Gasteiger partial charge on any atom is 0.0659 e. The van der Waals surface area contributed by atoms with Gasteiger partial charge in [0.15, 0.2) is 0 Å². The first kappa shape index (κ1) is 15.5. The molecule has 1 aromatic carbocycles. The maximum atomic E-state index is 6.19. The average Bonchev–Trinajstić information content (AvgIpc) is 2.35. The summed E-state index contributed by atoms with van der Waals surface area (Å²) < 4.78 is 5.73. The number of hydrogen-bond donors (Lipinski definition) is 1. The summed E-state index contributed by atoms with van der Waals surface area (Å²) in [5.74, 6) is 0.914. The molecule has 20 heavy (non-hydrogen) atoms. The summed E-state index contributed by atoms with van der Waals surface area (Å²) >= 11 is 0. The Hall–Kier alpha value is -0.860. The first-order valence-electron chi connectivity index (χ1n) is 7.90. The highest BCUT2D eigenvalue weighted by Crippen LogP contribution is 2.29. The van der Waals surface area contributed by atoms with Crippen LogP contribution in [0.15, 0.2) is 24.3 Å². The van der Waals surface area contributed by atoms with Gasteiger partial charge in [0, 0.05) is 6.61 Å². The summed E-state index contributed by atoms with van der Waals surface area (Å²) in [7, 11) is 0. The molecule has 0 bridgehead atoms. The second-order valence-corrected chi connectivity index (χ2v) is 7.14. The van der Waals surface area contributed by atoms with Crippen LogP contribution in [-0.2, 0) is 10.2 Å². The van der Waals surface area contributed by atoms with Crippen LogP contribution in [0.5, 0.6) is 0 Å². The van der Waals surface area contributed by atoms with E-state index in [-0.39, 0.29) is 11.5 Å². The van der Waals surface area contributed by atoms with Crippen LogP contribution in [0.4, 0.5) is 0 Å². The largest absolute Gasteiger partial charge is 0.379 e. The normalized spacial score (nSPS) is 17.8. The number of hydrogen-bond acceptors (Lipinski definition) is 2. The van der Waals surface area contributed by atoms with Crippen molar-refractivity contribution in [2.75, 3.05) is 13.2 Å². The van der Waals surface area contributed by atoms with E-state index in [0.29, 0.717) is 6.61 Å². The molecule has 0 heterocycles. The van der Waals surface area contributed by atoms with Crippen molar-refractivity contribution in [1.82, 2.24) is 0 Å². The zero-order valence-electron chi connectivity index (χ0n) is 13.2. The molecule has 2 heteroatoms. The first-order valence-corrected chi connectivity index (χ1v) is 7.90. The molecule has 0 spiro atoms. The van der Waals surface area contributed by atoms with Crippen molar-refractivity contribution >= 4 is 0 Å². The van der Waals surface area contributed by atoms with Crippen molar-refractivity contribution < 1.29 is 4.74 Å². The Bertz CT molecular complexity index is 400. The highest BCUT2D eigenvalue weighted by atomic mass is 16.5. The van der Waals surface area contributed by atoms with E-state index in [9.17, 15) is 0 Å². The molecular weight excluding hydrogens is 246 g/mol. The van der Waals surface area contributed by atoms with Crippen LogP contribution in [0, 0.1) is 5.92 Å². The van der Waals surface area contributed by atoms with Crippen molar-refractivity contribution in [2.24, 2.45) is 11.7 Å². The molecular formula is C18H29NO. The maximum absolute atomic E-state index is 6.19. The van der Waals surface area contributed by atoms with E-state index in [0.717, 1.165) is 12.5 Å². The lowest BCUT2D eigenvalue weighted by molar-refractivity contribution is 0.0962. The van der Waals surface area contributed by atoms with Crippen molar-refractivity contribution in [3.63, 3.8) is 0 Å². The molecule has 1 atom stereocenters. The van der Waals surface area contributed by atoms with E-state index in [1.165, 1.54) is 36.8 Å². The number of ether oxygens (including phenoxy) is 1. The monoisotopic (exact) mass is 275 g/mol. The predicted molar refractivity (Wildman–Crippen MR) is 84.8 cm³/mol. The molecule has 0 aliphatic heterocycles. The third-order valence-electron chi connectivity index (χ3n) is 4.40. The van der Waals surface area contributed by atoms with Crippen molar-refractivity contribution in [2.45, 2.75) is 57.9 Å². The fourth-order valence-electron chi connectivity index (χ4n) is 2.57.